The molecule has 0 N–H and O–H groups in total. The Morgan fingerprint density at radius 3 is 2.12 bits per heavy atom. The average Bonchev–Trinajstić information content (AvgIpc) is 2.21. The molecule has 0 saturated carbocycles. The molecular formula is C12H6Br2Cl2S. The van der Waals surface area contributed by atoms with E-state index in [4.69, 9.17) is 23.2 Å². The van der Waals surface area contributed by atoms with Crippen molar-refractivity contribution in [2.45, 2.75) is 9.79 Å². The summed E-state index contributed by atoms with van der Waals surface area (Å²) in [7, 11) is 0. The maximum atomic E-state index is 5.96. The molecule has 0 aliphatic heterocycles. The van der Waals surface area contributed by atoms with Gasteiger partial charge in [-0.3, -0.25) is 0 Å². The van der Waals surface area contributed by atoms with Crippen molar-refractivity contribution in [1.82, 2.24) is 0 Å². The first-order valence-corrected chi connectivity index (χ1v) is 7.79. The van der Waals surface area contributed by atoms with Crippen molar-refractivity contribution in [3.05, 3.63) is 55.4 Å². The van der Waals surface area contributed by atoms with Crippen LogP contribution in [0.25, 0.3) is 0 Å². The van der Waals surface area contributed by atoms with Gasteiger partial charge in [0.15, 0.2) is 0 Å². The van der Waals surface area contributed by atoms with E-state index >= 15 is 0 Å². The zero-order chi connectivity index (χ0) is 12.4. The van der Waals surface area contributed by atoms with Crippen molar-refractivity contribution in [3.8, 4) is 0 Å². The van der Waals surface area contributed by atoms with E-state index < -0.39 is 0 Å². The van der Waals surface area contributed by atoms with E-state index in [1.165, 1.54) is 0 Å². The Balaban J connectivity index is 2.31. The van der Waals surface area contributed by atoms with Gasteiger partial charge in [0.25, 0.3) is 0 Å². The second-order valence-electron chi connectivity index (χ2n) is 3.28. The summed E-state index contributed by atoms with van der Waals surface area (Å²) < 4.78 is 2.07. The van der Waals surface area contributed by atoms with Gasteiger partial charge >= 0.3 is 0 Å². The van der Waals surface area contributed by atoms with Crippen LogP contribution < -0.4 is 0 Å². The van der Waals surface area contributed by atoms with E-state index in [9.17, 15) is 0 Å². The molecule has 0 radical (unpaired) electrons. The molecule has 2 aromatic carbocycles. The van der Waals surface area contributed by atoms with Crippen molar-refractivity contribution < 1.29 is 0 Å². The normalized spacial score (nSPS) is 10.6. The number of halogens is 4. The second kappa shape index (κ2) is 5.98. The summed E-state index contributed by atoms with van der Waals surface area (Å²) in [5.74, 6) is 0. The van der Waals surface area contributed by atoms with Crippen LogP contribution in [0.4, 0.5) is 0 Å². The maximum Gasteiger partial charge on any atom is 0.0432 e. The molecule has 5 heteroatoms. The van der Waals surface area contributed by atoms with Gasteiger partial charge in [-0.15, -0.1) is 0 Å². The van der Waals surface area contributed by atoms with E-state index in [1.54, 1.807) is 17.8 Å². The highest BCUT2D eigenvalue weighted by molar-refractivity contribution is 9.11. The number of hydrogen-bond donors (Lipinski definition) is 0. The molecular weight excluding hydrogens is 407 g/mol. The molecule has 0 aromatic heterocycles. The van der Waals surface area contributed by atoms with E-state index in [-0.39, 0.29) is 0 Å². The summed E-state index contributed by atoms with van der Waals surface area (Å²) in [6, 6.07) is 11.6. The van der Waals surface area contributed by atoms with Crippen molar-refractivity contribution in [3.63, 3.8) is 0 Å². The lowest BCUT2D eigenvalue weighted by molar-refractivity contribution is 1.36. The third-order valence-electron chi connectivity index (χ3n) is 1.96. The third-order valence-corrected chi connectivity index (χ3v) is 4.85. The van der Waals surface area contributed by atoms with Crippen LogP contribution >= 0.6 is 66.8 Å². The number of benzene rings is 2. The Hall–Kier alpha value is 0.330. The highest BCUT2D eigenvalue weighted by Gasteiger charge is 2.05. The fourth-order valence-electron chi connectivity index (χ4n) is 1.27. The smallest absolute Gasteiger partial charge is 0.0432 e. The fraction of sp³-hybridized carbons (Fsp3) is 0. The Kier molecular flexibility index (Phi) is 4.84. The van der Waals surface area contributed by atoms with Gasteiger partial charge in [0, 0.05) is 28.8 Å². The van der Waals surface area contributed by atoms with Crippen LogP contribution in [0.5, 0.6) is 0 Å². The Morgan fingerprint density at radius 2 is 1.53 bits per heavy atom. The molecule has 0 atom stereocenters. The quantitative estimate of drug-likeness (QED) is 0.530. The highest BCUT2D eigenvalue weighted by atomic mass is 79.9. The summed E-state index contributed by atoms with van der Waals surface area (Å²) in [6.07, 6.45) is 0. The van der Waals surface area contributed by atoms with E-state index in [2.05, 4.69) is 31.9 Å². The Morgan fingerprint density at radius 1 is 0.882 bits per heavy atom. The lowest BCUT2D eigenvalue weighted by Crippen LogP contribution is -1.77. The van der Waals surface area contributed by atoms with Gasteiger partial charge in [-0.2, -0.15) is 0 Å². The summed E-state index contributed by atoms with van der Waals surface area (Å²) in [5, 5.41) is 1.29. The lowest BCUT2D eigenvalue weighted by atomic mass is 10.4. The molecule has 0 aliphatic carbocycles. The van der Waals surface area contributed by atoms with Crippen LogP contribution in [0.3, 0.4) is 0 Å². The van der Waals surface area contributed by atoms with Gasteiger partial charge in [0.05, 0.1) is 0 Å². The summed E-state index contributed by atoms with van der Waals surface area (Å²) >= 11 is 20.5. The standard InChI is InChI=1S/C12H6Br2Cl2S/c13-7-1-2-12(11(14)3-7)17-10-5-8(15)4-9(16)6-10/h1-6H. The van der Waals surface area contributed by atoms with Crippen molar-refractivity contribution in [2.75, 3.05) is 0 Å². The maximum absolute atomic E-state index is 5.96. The van der Waals surface area contributed by atoms with E-state index in [1.807, 2.05) is 30.3 Å². The van der Waals surface area contributed by atoms with Crippen LogP contribution in [-0.2, 0) is 0 Å². The van der Waals surface area contributed by atoms with Crippen LogP contribution in [0.1, 0.15) is 0 Å². The predicted molar refractivity (Wildman–Crippen MR) is 82.4 cm³/mol. The SMILES string of the molecule is Clc1cc(Cl)cc(Sc2ccc(Br)cc2Br)c1. The molecule has 0 spiro atoms. The monoisotopic (exact) mass is 410 g/mol. The predicted octanol–water partition coefficient (Wildman–Crippen LogP) is 6.67. The molecule has 0 aliphatic rings. The molecule has 2 aromatic rings. The number of rotatable bonds is 2. The zero-order valence-corrected chi connectivity index (χ0v) is 13.9. The minimum atomic E-state index is 0.647. The number of hydrogen-bond acceptors (Lipinski definition) is 1. The van der Waals surface area contributed by atoms with Gasteiger partial charge in [0.2, 0.25) is 0 Å². The van der Waals surface area contributed by atoms with Gasteiger partial charge in [-0.1, -0.05) is 50.9 Å². The molecule has 0 fully saturated rings. The van der Waals surface area contributed by atoms with Crippen LogP contribution in [0, 0.1) is 0 Å². The van der Waals surface area contributed by atoms with Crippen molar-refractivity contribution in [1.29, 1.82) is 0 Å². The lowest BCUT2D eigenvalue weighted by Gasteiger charge is -2.06. The van der Waals surface area contributed by atoms with Gasteiger partial charge < -0.3 is 0 Å². The first-order chi connectivity index (χ1) is 8.04. The summed E-state index contributed by atoms with van der Waals surface area (Å²) in [6.45, 7) is 0. The summed E-state index contributed by atoms with van der Waals surface area (Å²) in [4.78, 5) is 2.14. The molecule has 0 saturated heterocycles. The highest BCUT2D eigenvalue weighted by Crippen LogP contribution is 2.37. The average molecular weight is 413 g/mol. The third kappa shape index (κ3) is 3.90. The Labute approximate surface area is 131 Å². The Bertz CT molecular complexity index is 538. The molecule has 0 amide bonds. The molecule has 0 nitrogen and oxygen atoms in total. The second-order valence-corrected chi connectivity index (χ2v) is 7.04. The van der Waals surface area contributed by atoms with Crippen LogP contribution in [0.15, 0.2) is 55.1 Å². The largest absolute Gasteiger partial charge is 0.0888 e. The molecule has 0 bridgehead atoms. The van der Waals surface area contributed by atoms with E-state index in [0.29, 0.717) is 10.0 Å². The van der Waals surface area contributed by atoms with Gasteiger partial charge in [-0.25, -0.2) is 0 Å². The van der Waals surface area contributed by atoms with Crippen LogP contribution in [0.2, 0.25) is 10.0 Å². The summed E-state index contributed by atoms with van der Waals surface area (Å²) in [5.41, 5.74) is 0. The topological polar surface area (TPSA) is 0 Å². The first-order valence-electron chi connectivity index (χ1n) is 4.63. The minimum absolute atomic E-state index is 0.647. The first kappa shape index (κ1) is 13.8. The molecule has 2 rings (SSSR count). The van der Waals surface area contributed by atoms with Crippen molar-refractivity contribution >= 4 is 66.8 Å². The van der Waals surface area contributed by atoms with Crippen molar-refractivity contribution in [2.24, 2.45) is 0 Å². The van der Waals surface area contributed by atoms with Gasteiger partial charge in [-0.05, 0) is 52.3 Å². The fourth-order valence-corrected chi connectivity index (χ4v) is 4.14. The molecule has 0 heterocycles. The molecule has 88 valence electrons. The minimum Gasteiger partial charge on any atom is -0.0888 e. The van der Waals surface area contributed by atoms with Gasteiger partial charge in [0.1, 0.15) is 0 Å². The van der Waals surface area contributed by atoms with E-state index in [0.717, 1.165) is 18.7 Å². The zero-order valence-electron chi connectivity index (χ0n) is 8.38. The van der Waals surface area contributed by atoms with Crippen LogP contribution in [-0.4, -0.2) is 0 Å². The molecule has 17 heavy (non-hydrogen) atoms. The molecule has 0 unspecified atom stereocenters.